The standard InChI is InChI=1S/C10H13.2CH4O.Y/c1-3-9(2)10-7-5-4-6-8-10;2*1-2;/h3-9H,1-2H3;2*2H,1H3;/q-1;;;. The molecule has 1 unspecified atom stereocenters. The molecule has 1 radical (unpaired) electrons. The number of aliphatic hydroxyl groups excluding tert-OH is 2. The van der Waals surface area contributed by atoms with Gasteiger partial charge in [0.25, 0.3) is 0 Å². The second-order valence-electron chi connectivity index (χ2n) is 2.53. The first-order valence-corrected chi connectivity index (χ1v) is 4.58. The molecule has 2 N–H and O–H groups in total. The summed E-state index contributed by atoms with van der Waals surface area (Å²) in [5, 5.41) is 14.0. The second kappa shape index (κ2) is 16.7. The van der Waals surface area contributed by atoms with E-state index in [0.29, 0.717) is 5.92 Å². The van der Waals surface area contributed by atoms with Gasteiger partial charge in [0.15, 0.2) is 0 Å². The summed E-state index contributed by atoms with van der Waals surface area (Å²) in [6.07, 6.45) is 2.20. The molecule has 0 heterocycles. The molecule has 1 atom stereocenters. The Labute approximate surface area is 119 Å². The third-order valence-corrected chi connectivity index (χ3v) is 1.83. The fourth-order valence-corrected chi connectivity index (χ4v) is 0.949. The number of aliphatic hydroxyl groups is 2. The molecule has 85 valence electrons. The quantitative estimate of drug-likeness (QED) is 0.819. The number of rotatable bonds is 2. The van der Waals surface area contributed by atoms with Crippen molar-refractivity contribution in [2.75, 3.05) is 14.2 Å². The fourth-order valence-electron chi connectivity index (χ4n) is 0.949. The van der Waals surface area contributed by atoms with Crippen molar-refractivity contribution in [1.29, 1.82) is 0 Å². The zero-order valence-corrected chi connectivity index (χ0v) is 12.9. The summed E-state index contributed by atoms with van der Waals surface area (Å²) in [4.78, 5) is 0. The van der Waals surface area contributed by atoms with E-state index in [2.05, 4.69) is 44.5 Å². The monoisotopic (exact) mass is 286 g/mol. The largest absolute Gasteiger partial charge is 0.400 e. The van der Waals surface area contributed by atoms with Crippen LogP contribution in [0.4, 0.5) is 0 Å². The van der Waals surface area contributed by atoms with Crippen LogP contribution in [-0.2, 0) is 32.7 Å². The van der Waals surface area contributed by atoms with E-state index in [9.17, 15) is 0 Å². The maximum atomic E-state index is 7.00. The van der Waals surface area contributed by atoms with Crippen LogP contribution in [0, 0.1) is 6.42 Å². The van der Waals surface area contributed by atoms with Crippen molar-refractivity contribution in [3.63, 3.8) is 0 Å². The molecular weight excluding hydrogens is 265 g/mol. The van der Waals surface area contributed by atoms with Crippen LogP contribution in [0.2, 0.25) is 0 Å². The van der Waals surface area contributed by atoms with Gasteiger partial charge in [-0.2, -0.15) is 6.92 Å². The Morgan fingerprint density at radius 1 is 1.00 bits per heavy atom. The Bertz CT molecular complexity index is 190. The predicted octanol–water partition coefficient (Wildman–Crippen LogP) is 2.23. The molecule has 0 aliphatic heterocycles. The number of hydrogen-bond donors (Lipinski definition) is 2. The Hall–Kier alpha value is 0.244. The first-order chi connectivity index (χ1) is 6.84. The molecular formula is C12H21O2Y-. The second-order valence-corrected chi connectivity index (χ2v) is 2.53. The van der Waals surface area contributed by atoms with Crippen molar-refractivity contribution in [2.24, 2.45) is 0 Å². The Balaban J connectivity index is -0.000000258. The van der Waals surface area contributed by atoms with E-state index < -0.39 is 0 Å². The Kier molecular flexibility index (Phi) is 22.9. The molecule has 0 aliphatic carbocycles. The number of hydrogen-bond acceptors (Lipinski definition) is 2. The number of benzene rings is 1. The zero-order chi connectivity index (χ0) is 11.4. The van der Waals surface area contributed by atoms with Crippen molar-refractivity contribution in [2.45, 2.75) is 19.8 Å². The van der Waals surface area contributed by atoms with Crippen molar-refractivity contribution in [1.82, 2.24) is 0 Å². The van der Waals surface area contributed by atoms with Crippen LogP contribution in [0.1, 0.15) is 25.3 Å². The maximum Gasteiger partial charge on any atom is 0.0319 e. The minimum Gasteiger partial charge on any atom is -0.400 e. The maximum absolute atomic E-state index is 7.00. The third-order valence-electron chi connectivity index (χ3n) is 1.83. The molecule has 0 bridgehead atoms. The average molecular weight is 286 g/mol. The summed E-state index contributed by atoms with van der Waals surface area (Å²) in [6.45, 7) is 4.30. The molecule has 0 aliphatic rings. The van der Waals surface area contributed by atoms with E-state index in [1.165, 1.54) is 5.56 Å². The van der Waals surface area contributed by atoms with Gasteiger partial charge in [-0.15, -0.1) is 5.92 Å². The van der Waals surface area contributed by atoms with Gasteiger partial charge >= 0.3 is 0 Å². The molecule has 0 saturated heterocycles. The van der Waals surface area contributed by atoms with Gasteiger partial charge in [-0.3, -0.25) is 0 Å². The molecule has 1 aromatic rings. The van der Waals surface area contributed by atoms with Gasteiger partial charge in [-0.1, -0.05) is 42.8 Å². The van der Waals surface area contributed by atoms with Crippen LogP contribution in [0.25, 0.3) is 0 Å². The SMILES string of the molecule is CO.CO.C[CH-]C(C)c1ccccc1.[Y]. The average Bonchev–Trinajstić information content (AvgIpc) is 2.34. The normalized spacial score (nSPS) is 9.47. The molecule has 0 fully saturated rings. The molecule has 15 heavy (non-hydrogen) atoms. The first kappa shape index (κ1) is 20.6. The summed E-state index contributed by atoms with van der Waals surface area (Å²) in [5.74, 6) is 0.584. The van der Waals surface area contributed by atoms with E-state index in [4.69, 9.17) is 10.2 Å². The van der Waals surface area contributed by atoms with E-state index in [1.54, 1.807) is 0 Å². The Morgan fingerprint density at radius 3 is 1.73 bits per heavy atom. The van der Waals surface area contributed by atoms with Crippen molar-refractivity contribution in [3.05, 3.63) is 42.3 Å². The predicted molar refractivity (Wildman–Crippen MR) is 61.1 cm³/mol. The smallest absolute Gasteiger partial charge is 0.0319 e. The minimum absolute atomic E-state index is 0. The summed E-state index contributed by atoms with van der Waals surface area (Å²) in [5.41, 5.74) is 1.39. The van der Waals surface area contributed by atoms with Crippen molar-refractivity contribution < 1.29 is 42.9 Å². The zero-order valence-electron chi connectivity index (χ0n) is 10.0. The van der Waals surface area contributed by atoms with E-state index >= 15 is 0 Å². The third kappa shape index (κ3) is 10.5. The Morgan fingerprint density at radius 2 is 1.40 bits per heavy atom. The molecule has 0 saturated carbocycles. The summed E-state index contributed by atoms with van der Waals surface area (Å²) >= 11 is 0. The van der Waals surface area contributed by atoms with Gasteiger partial charge in [0.05, 0.1) is 0 Å². The molecule has 0 amide bonds. The molecule has 2 nitrogen and oxygen atoms in total. The van der Waals surface area contributed by atoms with Gasteiger partial charge in [0.2, 0.25) is 0 Å². The van der Waals surface area contributed by atoms with Crippen LogP contribution < -0.4 is 0 Å². The van der Waals surface area contributed by atoms with Crippen LogP contribution in [-0.4, -0.2) is 24.4 Å². The van der Waals surface area contributed by atoms with Crippen LogP contribution in [0.5, 0.6) is 0 Å². The molecule has 0 spiro atoms. The first-order valence-electron chi connectivity index (χ1n) is 4.58. The van der Waals surface area contributed by atoms with E-state index in [-0.39, 0.29) is 32.7 Å². The molecule has 3 heteroatoms. The summed E-state index contributed by atoms with van der Waals surface area (Å²) in [6, 6.07) is 10.5. The van der Waals surface area contributed by atoms with Gasteiger partial charge in [0.1, 0.15) is 0 Å². The van der Waals surface area contributed by atoms with E-state index in [0.717, 1.165) is 14.2 Å². The minimum atomic E-state index is 0. The van der Waals surface area contributed by atoms with E-state index in [1.807, 2.05) is 6.07 Å². The van der Waals surface area contributed by atoms with Crippen LogP contribution >= 0.6 is 0 Å². The van der Waals surface area contributed by atoms with Crippen LogP contribution in [0.3, 0.4) is 0 Å². The van der Waals surface area contributed by atoms with Gasteiger partial charge in [0, 0.05) is 46.9 Å². The van der Waals surface area contributed by atoms with Gasteiger partial charge in [-0.25, -0.2) is 0 Å². The summed E-state index contributed by atoms with van der Waals surface area (Å²) < 4.78 is 0. The fraction of sp³-hybridized carbons (Fsp3) is 0.417. The van der Waals surface area contributed by atoms with Crippen molar-refractivity contribution >= 4 is 0 Å². The van der Waals surface area contributed by atoms with Crippen LogP contribution in [0.15, 0.2) is 30.3 Å². The van der Waals surface area contributed by atoms with Crippen molar-refractivity contribution in [3.8, 4) is 0 Å². The van der Waals surface area contributed by atoms with Gasteiger partial charge < -0.3 is 16.6 Å². The summed E-state index contributed by atoms with van der Waals surface area (Å²) in [7, 11) is 2.00. The topological polar surface area (TPSA) is 40.5 Å². The van der Waals surface area contributed by atoms with Gasteiger partial charge in [-0.05, 0) is 0 Å². The molecule has 1 aromatic carbocycles. The molecule has 0 aromatic heterocycles. The molecule has 1 rings (SSSR count).